The summed E-state index contributed by atoms with van der Waals surface area (Å²) in [7, 11) is 0. The Labute approximate surface area is 98.8 Å². The molecule has 1 heterocycles. The average molecular weight is 237 g/mol. The molecule has 1 aliphatic rings. The van der Waals surface area contributed by atoms with Gasteiger partial charge < -0.3 is 14.8 Å². The van der Waals surface area contributed by atoms with Crippen LogP contribution in [0.25, 0.3) is 0 Å². The number of furan rings is 1. The molecule has 1 aromatic rings. The van der Waals surface area contributed by atoms with Crippen LogP contribution in [-0.4, -0.2) is 23.5 Å². The number of hydrogen-bond acceptors (Lipinski definition) is 3. The summed E-state index contributed by atoms with van der Waals surface area (Å²) in [5.41, 5.74) is 0. The van der Waals surface area contributed by atoms with Gasteiger partial charge in [-0.25, -0.2) is 4.79 Å². The molecule has 17 heavy (non-hydrogen) atoms. The van der Waals surface area contributed by atoms with Crippen molar-refractivity contribution in [3.63, 3.8) is 0 Å². The third-order valence-corrected chi connectivity index (χ3v) is 2.81. The Morgan fingerprint density at radius 2 is 2.06 bits per heavy atom. The van der Waals surface area contributed by atoms with E-state index in [-0.39, 0.29) is 17.4 Å². The van der Waals surface area contributed by atoms with Crippen molar-refractivity contribution in [2.45, 2.75) is 25.7 Å². The van der Waals surface area contributed by atoms with Crippen LogP contribution >= 0.6 is 0 Å². The van der Waals surface area contributed by atoms with Crippen LogP contribution in [0.15, 0.2) is 16.5 Å². The normalized spacial score (nSPS) is 14.6. The average Bonchev–Trinajstić information content (AvgIpc) is 2.97. The maximum atomic E-state index is 11.5. The fraction of sp³-hybridized carbons (Fsp3) is 0.500. The number of carbonyl (C=O) groups is 2. The van der Waals surface area contributed by atoms with Crippen LogP contribution in [0.1, 0.15) is 46.8 Å². The number of hydrogen-bond donors (Lipinski definition) is 2. The number of nitrogens with one attached hydrogen (secondary N) is 1. The Kier molecular flexibility index (Phi) is 3.46. The van der Waals surface area contributed by atoms with Gasteiger partial charge in [-0.1, -0.05) is 12.8 Å². The molecule has 2 rings (SSSR count). The van der Waals surface area contributed by atoms with E-state index in [0.717, 1.165) is 18.8 Å². The smallest absolute Gasteiger partial charge is 0.371 e. The minimum atomic E-state index is -1.17. The highest BCUT2D eigenvalue weighted by atomic mass is 16.4. The first-order chi connectivity index (χ1) is 8.16. The van der Waals surface area contributed by atoms with Crippen molar-refractivity contribution in [2.24, 2.45) is 5.92 Å². The topological polar surface area (TPSA) is 79.5 Å². The number of carboxylic acids is 1. The minimum absolute atomic E-state index is 0.0498. The van der Waals surface area contributed by atoms with Gasteiger partial charge in [-0.05, 0) is 30.9 Å². The Balaban J connectivity index is 1.75. The maximum Gasteiger partial charge on any atom is 0.371 e. The van der Waals surface area contributed by atoms with E-state index < -0.39 is 5.97 Å². The first-order valence-corrected chi connectivity index (χ1v) is 5.78. The van der Waals surface area contributed by atoms with Gasteiger partial charge in [0.1, 0.15) is 0 Å². The molecule has 0 saturated heterocycles. The molecule has 0 bridgehead atoms. The second-order valence-corrected chi connectivity index (χ2v) is 4.31. The second kappa shape index (κ2) is 5.03. The van der Waals surface area contributed by atoms with E-state index in [4.69, 9.17) is 9.52 Å². The molecule has 1 saturated carbocycles. The SMILES string of the molecule is O=C(O)c1ccc(C(=O)NCCCC2CC2)o1. The summed E-state index contributed by atoms with van der Waals surface area (Å²) in [6, 6.07) is 2.65. The largest absolute Gasteiger partial charge is 0.475 e. The highest BCUT2D eigenvalue weighted by Crippen LogP contribution is 2.33. The van der Waals surface area contributed by atoms with Gasteiger partial charge in [-0.3, -0.25) is 4.79 Å². The molecule has 0 aromatic carbocycles. The number of amides is 1. The molecule has 2 N–H and O–H groups in total. The van der Waals surface area contributed by atoms with Gasteiger partial charge in [-0.2, -0.15) is 0 Å². The summed E-state index contributed by atoms with van der Waals surface area (Å²) >= 11 is 0. The lowest BCUT2D eigenvalue weighted by Gasteiger charge is -2.01. The zero-order valence-electron chi connectivity index (χ0n) is 9.44. The van der Waals surface area contributed by atoms with Gasteiger partial charge in [-0.15, -0.1) is 0 Å². The van der Waals surface area contributed by atoms with Crippen molar-refractivity contribution in [3.05, 3.63) is 23.7 Å². The summed E-state index contributed by atoms with van der Waals surface area (Å²) in [6.45, 7) is 0.610. The molecule has 0 radical (unpaired) electrons. The third kappa shape index (κ3) is 3.34. The number of rotatable bonds is 6. The summed E-state index contributed by atoms with van der Waals surface area (Å²) in [5, 5.41) is 11.3. The lowest BCUT2D eigenvalue weighted by atomic mass is 10.2. The third-order valence-electron chi connectivity index (χ3n) is 2.81. The molecule has 0 atom stereocenters. The predicted octanol–water partition coefficient (Wildman–Crippen LogP) is 1.90. The van der Waals surface area contributed by atoms with E-state index in [2.05, 4.69) is 5.32 Å². The molecule has 1 aromatic heterocycles. The molecule has 0 aliphatic heterocycles. The zero-order chi connectivity index (χ0) is 12.3. The molecule has 0 spiro atoms. The summed E-state index contributed by atoms with van der Waals surface area (Å²) in [5.74, 6) is -0.831. The fourth-order valence-corrected chi connectivity index (χ4v) is 1.66. The van der Waals surface area contributed by atoms with E-state index in [1.807, 2.05) is 0 Å². The van der Waals surface area contributed by atoms with E-state index in [1.54, 1.807) is 0 Å². The van der Waals surface area contributed by atoms with Crippen molar-refractivity contribution in [1.29, 1.82) is 0 Å². The Hall–Kier alpha value is -1.78. The molecular formula is C12H15NO4. The van der Waals surface area contributed by atoms with Gasteiger partial charge in [0, 0.05) is 6.54 Å². The number of carbonyl (C=O) groups excluding carboxylic acids is 1. The standard InChI is InChI=1S/C12H15NO4/c14-11(13-7-1-2-8-3-4-8)9-5-6-10(17-9)12(15)16/h5-6,8H,1-4,7H2,(H,13,14)(H,15,16). The molecule has 5 heteroatoms. The fourth-order valence-electron chi connectivity index (χ4n) is 1.66. The molecule has 1 fully saturated rings. The maximum absolute atomic E-state index is 11.5. The van der Waals surface area contributed by atoms with Crippen molar-refractivity contribution < 1.29 is 19.1 Å². The van der Waals surface area contributed by atoms with Gasteiger partial charge in [0.2, 0.25) is 5.76 Å². The van der Waals surface area contributed by atoms with Crippen LogP contribution in [0.5, 0.6) is 0 Å². The highest BCUT2D eigenvalue weighted by Gasteiger charge is 2.20. The van der Waals surface area contributed by atoms with E-state index >= 15 is 0 Å². The number of carboxylic acid groups (broad SMARTS) is 1. The lowest BCUT2D eigenvalue weighted by molar-refractivity contribution is 0.0659. The quantitative estimate of drug-likeness (QED) is 0.740. The second-order valence-electron chi connectivity index (χ2n) is 4.31. The van der Waals surface area contributed by atoms with Crippen LogP contribution < -0.4 is 5.32 Å². The van der Waals surface area contributed by atoms with E-state index in [1.165, 1.54) is 25.0 Å². The van der Waals surface area contributed by atoms with Crippen LogP contribution in [0.3, 0.4) is 0 Å². The van der Waals surface area contributed by atoms with Gasteiger partial charge in [0.05, 0.1) is 0 Å². The molecule has 5 nitrogen and oxygen atoms in total. The molecule has 1 aliphatic carbocycles. The first kappa shape index (κ1) is 11.7. The van der Waals surface area contributed by atoms with Gasteiger partial charge in [0.25, 0.3) is 5.91 Å². The van der Waals surface area contributed by atoms with Gasteiger partial charge >= 0.3 is 5.97 Å². The zero-order valence-corrected chi connectivity index (χ0v) is 9.44. The van der Waals surface area contributed by atoms with Crippen molar-refractivity contribution in [1.82, 2.24) is 5.32 Å². The van der Waals surface area contributed by atoms with Crippen molar-refractivity contribution >= 4 is 11.9 Å². The van der Waals surface area contributed by atoms with Crippen molar-refractivity contribution in [3.8, 4) is 0 Å². The lowest BCUT2D eigenvalue weighted by Crippen LogP contribution is -2.24. The summed E-state index contributed by atoms with van der Waals surface area (Å²) < 4.78 is 4.89. The predicted molar refractivity (Wildman–Crippen MR) is 60.0 cm³/mol. The molecule has 1 amide bonds. The molecule has 0 unspecified atom stereocenters. The Morgan fingerprint density at radius 1 is 1.35 bits per heavy atom. The van der Waals surface area contributed by atoms with Crippen LogP contribution in [-0.2, 0) is 0 Å². The monoisotopic (exact) mass is 237 g/mol. The van der Waals surface area contributed by atoms with Crippen molar-refractivity contribution in [2.75, 3.05) is 6.54 Å². The first-order valence-electron chi connectivity index (χ1n) is 5.78. The molecule has 92 valence electrons. The van der Waals surface area contributed by atoms with E-state index in [0.29, 0.717) is 6.54 Å². The van der Waals surface area contributed by atoms with Crippen LogP contribution in [0.4, 0.5) is 0 Å². The van der Waals surface area contributed by atoms with Crippen LogP contribution in [0.2, 0.25) is 0 Å². The summed E-state index contributed by atoms with van der Waals surface area (Å²) in [6.07, 6.45) is 4.74. The highest BCUT2D eigenvalue weighted by molar-refractivity contribution is 5.93. The minimum Gasteiger partial charge on any atom is -0.475 e. The van der Waals surface area contributed by atoms with Gasteiger partial charge in [0.15, 0.2) is 5.76 Å². The van der Waals surface area contributed by atoms with Crippen LogP contribution in [0, 0.1) is 5.92 Å². The number of aromatic carboxylic acids is 1. The van der Waals surface area contributed by atoms with E-state index in [9.17, 15) is 9.59 Å². The summed E-state index contributed by atoms with van der Waals surface area (Å²) in [4.78, 5) is 22.1. The Morgan fingerprint density at radius 3 is 2.65 bits per heavy atom. The Bertz CT molecular complexity index is 420. The molecular weight excluding hydrogens is 222 g/mol.